The zero-order valence-electron chi connectivity index (χ0n) is 16.5. The molecule has 7 nitrogen and oxygen atoms in total. The average Bonchev–Trinajstić information content (AvgIpc) is 3.31. The van der Waals surface area contributed by atoms with E-state index in [1.54, 1.807) is 12.1 Å². The predicted molar refractivity (Wildman–Crippen MR) is 108 cm³/mol. The van der Waals surface area contributed by atoms with E-state index in [0.29, 0.717) is 39.6 Å². The van der Waals surface area contributed by atoms with Crippen LogP contribution in [0.1, 0.15) is 42.9 Å². The summed E-state index contributed by atoms with van der Waals surface area (Å²) in [6, 6.07) is 12.8. The van der Waals surface area contributed by atoms with Crippen LogP contribution in [0.4, 0.5) is 0 Å². The molecular weight excluding hydrogens is 384 g/mol. The molecule has 30 heavy (non-hydrogen) atoms. The maximum atomic E-state index is 11.3. The number of aromatic hydroxyl groups is 2. The van der Waals surface area contributed by atoms with Gasteiger partial charge in [-0.25, -0.2) is 0 Å². The summed E-state index contributed by atoms with van der Waals surface area (Å²) < 4.78 is 7.60. The number of hydrogen-bond donors (Lipinski definition) is 4. The highest BCUT2D eigenvalue weighted by Crippen LogP contribution is 2.66. The molecule has 154 valence electrons. The highest BCUT2D eigenvalue weighted by atomic mass is 16.6. The Labute approximate surface area is 173 Å². The highest BCUT2D eigenvalue weighted by molar-refractivity contribution is 5.95. The van der Waals surface area contributed by atoms with Gasteiger partial charge in [0.1, 0.15) is 11.2 Å². The first-order valence-corrected chi connectivity index (χ1v) is 10.0. The van der Waals surface area contributed by atoms with Crippen LogP contribution >= 0.6 is 0 Å². The molecule has 1 aromatic heterocycles. The summed E-state index contributed by atoms with van der Waals surface area (Å²) in [5, 5.41) is 53.8. The maximum absolute atomic E-state index is 11.3. The van der Waals surface area contributed by atoms with Gasteiger partial charge in [-0.15, -0.1) is 0 Å². The van der Waals surface area contributed by atoms with Gasteiger partial charge in [0.2, 0.25) is 11.8 Å². The fourth-order valence-corrected chi connectivity index (χ4v) is 5.43. The molecule has 2 aromatic carbocycles. The van der Waals surface area contributed by atoms with Crippen LogP contribution in [0.2, 0.25) is 0 Å². The fourth-order valence-electron chi connectivity index (χ4n) is 5.43. The second-order valence-corrected chi connectivity index (χ2v) is 8.06. The number of aliphatic hydroxyl groups excluding tert-OH is 2. The second kappa shape index (κ2) is 6.22. The van der Waals surface area contributed by atoms with Crippen molar-refractivity contribution in [3.8, 4) is 23.5 Å². The Morgan fingerprint density at radius 2 is 1.83 bits per heavy atom. The number of nitrogens with zero attached hydrogens (tertiary/aromatic N) is 2. The molecule has 0 radical (unpaired) electrons. The van der Waals surface area contributed by atoms with E-state index >= 15 is 0 Å². The van der Waals surface area contributed by atoms with E-state index in [0.717, 1.165) is 0 Å². The molecule has 0 saturated carbocycles. The van der Waals surface area contributed by atoms with Crippen LogP contribution in [-0.2, 0) is 15.9 Å². The molecule has 2 aliphatic heterocycles. The number of aromatic nitrogens is 1. The van der Waals surface area contributed by atoms with Gasteiger partial charge in [0.25, 0.3) is 0 Å². The first kappa shape index (κ1) is 18.9. The molecule has 4 N–H and O–H groups in total. The zero-order chi connectivity index (χ0) is 21.3. The van der Waals surface area contributed by atoms with Crippen molar-refractivity contribution in [3.05, 3.63) is 53.1 Å². The Hall–Kier alpha value is -3.05. The minimum Gasteiger partial charge on any atom is -0.494 e. The van der Waals surface area contributed by atoms with Crippen LogP contribution in [-0.4, -0.2) is 37.7 Å². The summed E-state index contributed by atoms with van der Waals surface area (Å²) in [5.74, 6) is -0.370. The highest BCUT2D eigenvalue weighted by Gasteiger charge is 2.67. The van der Waals surface area contributed by atoms with Gasteiger partial charge in [0, 0.05) is 30.2 Å². The van der Waals surface area contributed by atoms with E-state index in [1.165, 1.54) is 4.57 Å². The second-order valence-electron chi connectivity index (χ2n) is 8.06. The van der Waals surface area contributed by atoms with Crippen molar-refractivity contribution in [3.63, 3.8) is 0 Å². The van der Waals surface area contributed by atoms with E-state index in [1.807, 2.05) is 31.2 Å². The maximum Gasteiger partial charge on any atom is 0.205 e. The molecular formula is C23H22N2O5. The lowest BCUT2D eigenvalue weighted by Gasteiger charge is -2.28. The van der Waals surface area contributed by atoms with Crippen LogP contribution in [0, 0.1) is 11.3 Å². The van der Waals surface area contributed by atoms with E-state index in [4.69, 9.17) is 4.74 Å². The summed E-state index contributed by atoms with van der Waals surface area (Å²) in [6.45, 7) is 1.68. The summed E-state index contributed by atoms with van der Waals surface area (Å²) in [5.41, 5.74) is -0.381. The van der Waals surface area contributed by atoms with Gasteiger partial charge in [0.05, 0.1) is 34.6 Å². The number of benzene rings is 2. The monoisotopic (exact) mass is 406 g/mol. The first-order chi connectivity index (χ1) is 14.4. The molecule has 7 heteroatoms. The van der Waals surface area contributed by atoms with Crippen molar-refractivity contribution in [2.75, 3.05) is 6.61 Å². The molecule has 3 aromatic rings. The Bertz CT molecular complexity index is 1230. The lowest BCUT2D eigenvalue weighted by atomic mass is 9.74. The van der Waals surface area contributed by atoms with Gasteiger partial charge in [-0.1, -0.05) is 31.2 Å². The van der Waals surface area contributed by atoms with Crippen molar-refractivity contribution >= 4 is 10.8 Å². The topological polar surface area (TPSA) is 119 Å². The number of hydrogen-bond acceptors (Lipinski definition) is 6. The van der Waals surface area contributed by atoms with Crippen LogP contribution in [0.15, 0.2) is 36.4 Å². The fraction of sp³-hybridized carbons (Fsp3) is 0.348. The number of ether oxygens (including phenoxy) is 1. The van der Waals surface area contributed by atoms with Crippen LogP contribution in [0.3, 0.4) is 0 Å². The van der Waals surface area contributed by atoms with E-state index in [9.17, 15) is 25.7 Å². The quantitative estimate of drug-likeness (QED) is 0.529. The summed E-state index contributed by atoms with van der Waals surface area (Å²) in [4.78, 5) is 0. The van der Waals surface area contributed by atoms with E-state index < -0.39 is 17.3 Å². The molecule has 0 amide bonds. The first-order valence-electron chi connectivity index (χ1n) is 10.0. The number of nitriles is 1. The zero-order valence-corrected chi connectivity index (χ0v) is 16.5. The van der Waals surface area contributed by atoms with Crippen molar-refractivity contribution in [2.45, 2.75) is 43.5 Å². The predicted octanol–water partition coefficient (Wildman–Crippen LogP) is 2.89. The van der Waals surface area contributed by atoms with Gasteiger partial charge in [0.15, 0.2) is 0 Å². The molecule has 1 fully saturated rings. The van der Waals surface area contributed by atoms with Crippen molar-refractivity contribution in [2.24, 2.45) is 0 Å². The third-order valence-electron chi connectivity index (χ3n) is 6.74. The summed E-state index contributed by atoms with van der Waals surface area (Å²) >= 11 is 0. The molecule has 0 unspecified atom stereocenters. The Balaban J connectivity index is 1.84. The van der Waals surface area contributed by atoms with Crippen molar-refractivity contribution in [1.82, 2.24) is 4.57 Å². The third kappa shape index (κ3) is 2.08. The van der Waals surface area contributed by atoms with Crippen molar-refractivity contribution < 1.29 is 25.2 Å². The molecule has 5 rings (SSSR count). The lowest BCUT2D eigenvalue weighted by Crippen LogP contribution is -2.35. The van der Waals surface area contributed by atoms with E-state index in [2.05, 4.69) is 6.07 Å². The molecule has 2 aliphatic rings. The Kier molecular flexibility index (Phi) is 3.93. The Morgan fingerprint density at radius 3 is 2.50 bits per heavy atom. The average molecular weight is 406 g/mol. The largest absolute Gasteiger partial charge is 0.494 e. The Morgan fingerprint density at radius 1 is 1.13 bits per heavy atom. The van der Waals surface area contributed by atoms with Gasteiger partial charge in [-0.2, -0.15) is 5.26 Å². The van der Waals surface area contributed by atoms with E-state index in [-0.39, 0.29) is 31.2 Å². The smallest absolute Gasteiger partial charge is 0.205 e. The van der Waals surface area contributed by atoms with Crippen LogP contribution in [0.25, 0.3) is 16.5 Å². The van der Waals surface area contributed by atoms with Crippen LogP contribution in [0.5, 0.6) is 11.8 Å². The van der Waals surface area contributed by atoms with Gasteiger partial charge in [-0.3, -0.25) is 4.57 Å². The van der Waals surface area contributed by atoms with Crippen LogP contribution < -0.4 is 0 Å². The van der Waals surface area contributed by atoms with Gasteiger partial charge < -0.3 is 25.2 Å². The standard InChI is InChI=1S/C23H22N2O5/c1-2-23-17(27)11-22(30-23,9-10-26)18-19(23)21(29)25(20(18)28)16-8-7-13(12-24)14-5-3-4-6-15(14)16/h3-8,17,26-29H,2,9-11H2,1H3/t17-,22+,23-/m1/s1. The third-order valence-corrected chi connectivity index (χ3v) is 6.74. The number of aliphatic hydroxyl groups is 2. The van der Waals surface area contributed by atoms with Gasteiger partial charge in [-0.05, 0) is 18.6 Å². The van der Waals surface area contributed by atoms with Crippen molar-refractivity contribution in [1.29, 1.82) is 5.26 Å². The number of rotatable bonds is 4. The van der Waals surface area contributed by atoms with Gasteiger partial charge >= 0.3 is 0 Å². The lowest BCUT2D eigenvalue weighted by molar-refractivity contribution is -0.120. The molecule has 3 heterocycles. The molecule has 3 atom stereocenters. The summed E-state index contributed by atoms with van der Waals surface area (Å²) in [6.07, 6.45) is -0.0245. The number of fused-ring (bicyclic) bond motifs is 6. The molecule has 0 aliphatic carbocycles. The molecule has 2 bridgehead atoms. The SMILES string of the molecule is CC[C@@]12O[C@@](CCO)(C[C@H]1O)c1c2c(O)n(-c2ccc(C#N)c3ccccc23)c1O. The molecule has 0 spiro atoms. The normalized spacial score (nSPS) is 26.8. The molecule has 1 saturated heterocycles. The minimum atomic E-state index is -1.14. The minimum absolute atomic E-state index is 0.173. The summed E-state index contributed by atoms with van der Waals surface area (Å²) in [7, 11) is 0.